The van der Waals surface area contributed by atoms with Gasteiger partial charge in [0.25, 0.3) is 0 Å². The molecule has 1 aliphatic heterocycles. The lowest BCUT2D eigenvalue weighted by atomic mass is 10.0. The van der Waals surface area contributed by atoms with Crippen molar-refractivity contribution in [2.45, 2.75) is 146 Å². The Kier molecular flexibility index (Phi) is 24.9. The molecule has 24 heteroatoms. The quantitative estimate of drug-likeness (QED) is 0.0463. The Balaban J connectivity index is 1.55. The van der Waals surface area contributed by atoms with Gasteiger partial charge in [-0.25, -0.2) is 4.79 Å². The molecule has 1 saturated heterocycles. The molecule has 10 atom stereocenters. The van der Waals surface area contributed by atoms with Gasteiger partial charge in [0.1, 0.15) is 41.9 Å². The minimum atomic E-state index is -1.71. The highest BCUT2D eigenvalue weighted by Gasteiger charge is 2.36. The van der Waals surface area contributed by atoms with E-state index in [4.69, 9.17) is 10.5 Å². The second kappa shape index (κ2) is 31.2. The van der Waals surface area contributed by atoms with Crippen molar-refractivity contribution in [1.29, 1.82) is 0 Å². The van der Waals surface area contributed by atoms with E-state index in [0.717, 1.165) is 38.1 Å². The summed E-state index contributed by atoms with van der Waals surface area (Å²) in [6.45, 7) is 7.36. The van der Waals surface area contributed by atoms with Crippen molar-refractivity contribution in [2.24, 2.45) is 5.73 Å². The molecule has 14 N–H and O–H groups in total. The molecule has 79 heavy (non-hydrogen) atoms. The Labute approximate surface area is 467 Å². The van der Waals surface area contributed by atoms with Crippen LogP contribution in [0.1, 0.15) is 77.0 Å². The largest absolute Gasteiger partial charge is 0.444 e. The van der Waals surface area contributed by atoms with Crippen LogP contribution in [0.15, 0.2) is 91.1 Å². The summed E-state index contributed by atoms with van der Waals surface area (Å²) in [6.07, 6.45) is -0.593. The number of aromatic nitrogens is 1. The summed E-state index contributed by atoms with van der Waals surface area (Å²) >= 11 is 0. The zero-order valence-electron chi connectivity index (χ0n) is 45.1. The van der Waals surface area contributed by atoms with E-state index in [9.17, 15) is 53.7 Å². The second-order valence-corrected chi connectivity index (χ2v) is 23.0. The summed E-state index contributed by atoms with van der Waals surface area (Å²) in [5, 5.41) is 53.5. The highest BCUT2D eigenvalue weighted by molar-refractivity contribution is 8.76. The van der Waals surface area contributed by atoms with Gasteiger partial charge in [0.15, 0.2) is 0 Å². The number of H-pyrrole nitrogens is 1. The fraction of sp³-hybridized carbons (Fsp3) is 0.491. The third-order valence-corrected chi connectivity index (χ3v) is 15.2. The Morgan fingerprint density at radius 1 is 0.722 bits per heavy atom. The zero-order chi connectivity index (χ0) is 57.6. The summed E-state index contributed by atoms with van der Waals surface area (Å²) in [6, 6.07) is 14.2. The van der Waals surface area contributed by atoms with Gasteiger partial charge in [0.05, 0.1) is 30.9 Å². The van der Waals surface area contributed by atoms with Crippen LogP contribution >= 0.6 is 21.6 Å². The van der Waals surface area contributed by atoms with Crippen LogP contribution in [0.5, 0.6) is 0 Å². The number of carbonyl (C=O) groups excluding carboxylic acids is 8. The fourth-order valence-corrected chi connectivity index (χ4v) is 10.7. The molecule has 0 saturated carbocycles. The van der Waals surface area contributed by atoms with Crippen molar-refractivity contribution in [3.8, 4) is 0 Å². The van der Waals surface area contributed by atoms with Crippen molar-refractivity contribution >= 4 is 79.9 Å². The number of nitrogens with one attached hydrogen (secondary N) is 9. The number of rotatable bonds is 19. The average molecular weight is 1130 g/mol. The maximum Gasteiger partial charge on any atom is 0.407 e. The number of nitrogens with two attached hydrogens (primary N) is 1. The van der Waals surface area contributed by atoms with E-state index in [0.29, 0.717) is 30.4 Å². The lowest BCUT2D eigenvalue weighted by Crippen LogP contribution is -2.62. The minimum Gasteiger partial charge on any atom is -0.444 e. The highest BCUT2D eigenvalue weighted by atomic mass is 33.1. The van der Waals surface area contributed by atoms with Crippen LogP contribution < -0.4 is 48.3 Å². The predicted molar refractivity (Wildman–Crippen MR) is 302 cm³/mol. The van der Waals surface area contributed by atoms with Crippen LogP contribution in [-0.4, -0.2) is 159 Å². The van der Waals surface area contributed by atoms with Crippen LogP contribution in [0.2, 0.25) is 0 Å². The van der Waals surface area contributed by atoms with E-state index in [-0.39, 0.29) is 43.7 Å². The number of hydrogen-bond acceptors (Lipinski definition) is 15. The van der Waals surface area contributed by atoms with Crippen molar-refractivity contribution in [1.82, 2.24) is 47.5 Å². The summed E-state index contributed by atoms with van der Waals surface area (Å²) in [5.74, 6) is -6.22. The van der Waals surface area contributed by atoms with Crippen molar-refractivity contribution in [2.75, 3.05) is 24.7 Å². The normalized spacial score (nSPS) is 21.8. The SMILES string of the molecule is C[C@@H](O)C1NC(=O)[C@H](CCCCCNC(=O)OC(C)(C)C)NC(=O)[C@@H](Cc2c[nH]c3ccccc23)NC(=O)[C@H](Cc2ccccc2)NC(=O)[C@@H](NC(=O)[C@H](N)Cc2ccccc2)CSSC[C@@H](C(=O)N[C@H](CO)[C@@H](C)O)NC1=O. The molecule has 1 unspecified atom stereocenters. The number of aliphatic hydroxyl groups is 3. The monoisotopic (exact) mass is 1130 g/mol. The molecule has 3 aromatic carbocycles. The van der Waals surface area contributed by atoms with Gasteiger partial charge in [0, 0.05) is 48.0 Å². The molecule has 22 nitrogen and oxygen atoms in total. The van der Waals surface area contributed by atoms with Crippen molar-refractivity contribution in [3.05, 3.63) is 108 Å². The average Bonchev–Trinajstić information content (AvgIpc) is 3.83. The zero-order valence-corrected chi connectivity index (χ0v) is 46.8. The maximum atomic E-state index is 14.9. The van der Waals surface area contributed by atoms with Gasteiger partial charge in [-0.05, 0) is 76.6 Å². The van der Waals surface area contributed by atoms with E-state index in [1.165, 1.54) is 13.8 Å². The number of ether oxygens (including phenoxy) is 1. The molecule has 1 aliphatic rings. The minimum absolute atomic E-state index is 0.0263. The summed E-state index contributed by atoms with van der Waals surface area (Å²) in [7, 11) is 2.03. The Bertz CT molecular complexity index is 2660. The summed E-state index contributed by atoms with van der Waals surface area (Å²) in [5.41, 5.74) is 8.45. The number of aromatic amines is 1. The Morgan fingerprint density at radius 3 is 1.96 bits per heavy atom. The first-order valence-corrected chi connectivity index (χ1v) is 28.8. The summed E-state index contributed by atoms with van der Waals surface area (Å²) in [4.78, 5) is 116. The first-order chi connectivity index (χ1) is 37.6. The molecule has 430 valence electrons. The molecule has 0 aliphatic carbocycles. The van der Waals surface area contributed by atoms with Gasteiger partial charge >= 0.3 is 6.09 Å². The third-order valence-electron chi connectivity index (χ3n) is 12.7. The number of benzene rings is 3. The number of hydrogen-bond donors (Lipinski definition) is 13. The van der Waals surface area contributed by atoms with Gasteiger partial charge in [-0.2, -0.15) is 0 Å². The molecule has 1 aromatic heterocycles. The number of aliphatic hydroxyl groups excluding tert-OH is 3. The molecular formula is C55H76N10O12S2. The first-order valence-electron chi connectivity index (χ1n) is 26.3. The number of para-hydroxylation sites is 1. The smallest absolute Gasteiger partial charge is 0.407 e. The van der Waals surface area contributed by atoms with E-state index in [1.54, 1.807) is 81.6 Å². The number of carbonyl (C=O) groups is 8. The lowest BCUT2D eigenvalue weighted by molar-refractivity contribution is -0.136. The highest BCUT2D eigenvalue weighted by Crippen LogP contribution is 2.25. The number of unbranched alkanes of at least 4 members (excludes halogenated alkanes) is 2. The van der Waals surface area contributed by atoms with Crippen LogP contribution in [0.3, 0.4) is 0 Å². The standard InChI is InChI=1S/C55H76N10O12S2/c1-32(67)43(29-66)62-52(74)45-31-79-78-30-44(63-47(69)38(56)25-34-17-9-6-10-18-34)51(73)60-41(26-35-19-11-7-12-20-35)49(71)61-42(27-36-28-58-39-22-15-14-21-37(36)39)50(72)59-40(48(70)65-46(33(2)68)53(75)64-45)23-13-8-16-24-57-54(76)77-55(3,4)5/h6-7,9-12,14-15,17-22,28,32-33,38,40-46,58,66-68H,8,13,16,23-27,29-31,56H2,1-5H3,(H,57,76)(H,59,72)(H,60,73)(H,61,71)(H,62,74)(H,63,69)(H,64,75)(H,65,70)/t32-,33-,38-,40+,41+,42-,43-,44+,45+,46?/m1/s1. The van der Waals surface area contributed by atoms with Crippen LogP contribution in [0, 0.1) is 0 Å². The number of amides is 8. The third kappa shape index (κ3) is 20.8. The number of alkyl carbamates (subject to hydrolysis) is 1. The topological polar surface area (TPSA) is 345 Å². The summed E-state index contributed by atoms with van der Waals surface area (Å²) < 4.78 is 5.32. The first kappa shape index (κ1) is 63.1. The van der Waals surface area contributed by atoms with E-state index in [2.05, 4.69) is 47.5 Å². The van der Waals surface area contributed by atoms with Gasteiger partial charge < -0.3 is 73.3 Å². The molecule has 4 aromatic rings. The van der Waals surface area contributed by atoms with Crippen molar-refractivity contribution < 1.29 is 58.4 Å². The Morgan fingerprint density at radius 2 is 1.32 bits per heavy atom. The fourth-order valence-electron chi connectivity index (χ4n) is 8.39. The number of fused-ring (bicyclic) bond motifs is 1. The van der Waals surface area contributed by atoms with Crippen LogP contribution in [0.4, 0.5) is 4.79 Å². The molecule has 0 bridgehead atoms. The maximum absolute atomic E-state index is 14.9. The van der Waals surface area contributed by atoms with Gasteiger partial charge in [0.2, 0.25) is 41.4 Å². The molecule has 0 spiro atoms. The van der Waals surface area contributed by atoms with Crippen molar-refractivity contribution in [3.63, 3.8) is 0 Å². The second-order valence-electron chi connectivity index (χ2n) is 20.5. The molecule has 1 fully saturated rings. The van der Waals surface area contributed by atoms with Gasteiger partial charge in [-0.3, -0.25) is 33.6 Å². The van der Waals surface area contributed by atoms with Gasteiger partial charge in [-0.1, -0.05) is 113 Å². The lowest BCUT2D eigenvalue weighted by Gasteiger charge is -2.29. The molecular weight excluding hydrogens is 1060 g/mol. The van der Waals surface area contributed by atoms with Gasteiger partial charge in [-0.15, -0.1) is 0 Å². The van der Waals surface area contributed by atoms with E-state index >= 15 is 0 Å². The van der Waals surface area contributed by atoms with E-state index in [1.807, 2.05) is 30.3 Å². The van der Waals surface area contributed by atoms with Crippen LogP contribution in [0.25, 0.3) is 10.9 Å². The molecule has 0 radical (unpaired) electrons. The molecule has 8 amide bonds. The Hall–Kier alpha value is -6.70. The molecule has 5 rings (SSSR count). The van der Waals surface area contributed by atoms with Crippen LogP contribution in [-0.2, 0) is 57.6 Å². The molecule has 2 heterocycles. The predicted octanol–water partition coefficient (Wildman–Crippen LogP) is 1.15. The van der Waals surface area contributed by atoms with E-state index < -0.39 is 120 Å².